The van der Waals surface area contributed by atoms with E-state index in [1.54, 1.807) is 4.90 Å². The first-order chi connectivity index (χ1) is 8.96. The maximum atomic E-state index is 12.3. The van der Waals surface area contributed by atoms with E-state index in [-0.39, 0.29) is 5.91 Å². The summed E-state index contributed by atoms with van der Waals surface area (Å²) in [6.07, 6.45) is 1.53. The number of likely N-dealkylation sites (N-methyl/N-ethyl adjacent to an activating group) is 1. The van der Waals surface area contributed by atoms with Crippen molar-refractivity contribution in [2.45, 2.75) is 26.3 Å². The molecule has 0 atom stereocenters. The van der Waals surface area contributed by atoms with Crippen molar-refractivity contribution < 1.29 is 4.79 Å². The molecule has 0 unspecified atom stereocenters. The highest BCUT2D eigenvalue weighted by atomic mass is 16.2. The lowest BCUT2D eigenvalue weighted by Gasteiger charge is -2.45. The molecule has 6 nitrogen and oxygen atoms in total. The van der Waals surface area contributed by atoms with E-state index in [1.165, 1.54) is 6.33 Å². The third-order valence-corrected chi connectivity index (χ3v) is 3.49. The van der Waals surface area contributed by atoms with Gasteiger partial charge in [0.2, 0.25) is 5.91 Å². The number of nitrogens with zero attached hydrogens (tertiary/aromatic N) is 4. The lowest BCUT2D eigenvalue weighted by molar-refractivity contribution is -0.136. The fourth-order valence-corrected chi connectivity index (χ4v) is 2.39. The molecule has 104 valence electrons. The Morgan fingerprint density at radius 3 is 2.79 bits per heavy atom. The lowest BCUT2D eigenvalue weighted by atomic mass is 9.98. The highest BCUT2D eigenvalue weighted by Gasteiger charge is 2.41. The largest absolute Gasteiger partial charge is 0.370 e. The zero-order valence-electron chi connectivity index (χ0n) is 12.0. The van der Waals surface area contributed by atoms with Crippen LogP contribution in [-0.2, 0) is 4.79 Å². The van der Waals surface area contributed by atoms with Crippen molar-refractivity contribution in [3.05, 3.63) is 12.4 Å². The molecule has 1 amide bonds. The molecular formula is C13H21N5O. The molecule has 1 fully saturated rings. The Hall–Kier alpha value is -1.85. The summed E-state index contributed by atoms with van der Waals surface area (Å²) in [5, 5.41) is 3.16. The lowest BCUT2D eigenvalue weighted by Crippen LogP contribution is -2.62. The van der Waals surface area contributed by atoms with Crippen molar-refractivity contribution in [3.8, 4) is 0 Å². The molecule has 0 aromatic carbocycles. The summed E-state index contributed by atoms with van der Waals surface area (Å²) >= 11 is 0. The van der Waals surface area contributed by atoms with Gasteiger partial charge in [-0.15, -0.1) is 0 Å². The Bertz CT molecular complexity index is 474. The van der Waals surface area contributed by atoms with Gasteiger partial charge in [0, 0.05) is 32.7 Å². The second-order valence-corrected chi connectivity index (χ2v) is 5.23. The molecule has 1 saturated heterocycles. The third-order valence-electron chi connectivity index (χ3n) is 3.49. The van der Waals surface area contributed by atoms with E-state index >= 15 is 0 Å². The van der Waals surface area contributed by atoms with E-state index in [1.807, 2.05) is 38.8 Å². The van der Waals surface area contributed by atoms with Crippen LogP contribution in [0.15, 0.2) is 12.4 Å². The van der Waals surface area contributed by atoms with Gasteiger partial charge in [-0.1, -0.05) is 0 Å². The first-order valence-corrected chi connectivity index (χ1v) is 6.56. The van der Waals surface area contributed by atoms with Crippen molar-refractivity contribution in [3.63, 3.8) is 0 Å². The molecule has 1 aliphatic heterocycles. The molecule has 1 aromatic rings. The Balaban J connectivity index is 2.30. The normalized spacial score (nSPS) is 18.6. The van der Waals surface area contributed by atoms with Crippen LogP contribution in [0.1, 0.15) is 20.8 Å². The molecule has 0 spiro atoms. The third kappa shape index (κ3) is 2.47. The van der Waals surface area contributed by atoms with Crippen molar-refractivity contribution in [1.29, 1.82) is 0 Å². The first kappa shape index (κ1) is 13.6. The quantitative estimate of drug-likeness (QED) is 0.880. The topological polar surface area (TPSA) is 61.4 Å². The van der Waals surface area contributed by atoms with Gasteiger partial charge in [-0.05, 0) is 20.8 Å². The van der Waals surface area contributed by atoms with Gasteiger partial charge in [0.1, 0.15) is 23.5 Å². The molecule has 2 heterocycles. The summed E-state index contributed by atoms with van der Waals surface area (Å²) < 4.78 is 0. The number of hydrogen-bond acceptors (Lipinski definition) is 5. The van der Waals surface area contributed by atoms with Gasteiger partial charge in [0.25, 0.3) is 0 Å². The van der Waals surface area contributed by atoms with Crippen molar-refractivity contribution in [2.75, 3.05) is 36.9 Å². The fourth-order valence-electron chi connectivity index (χ4n) is 2.39. The van der Waals surface area contributed by atoms with E-state index in [0.29, 0.717) is 6.54 Å². The van der Waals surface area contributed by atoms with Gasteiger partial charge >= 0.3 is 0 Å². The molecule has 0 aliphatic carbocycles. The van der Waals surface area contributed by atoms with Gasteiger partial charge in [-0.2, -0.15) is 0 Å². The number of piperazine rings is 1. The number of anilines is 2. The summed E-state index contributed by atoms with van der Waals surface area (Å²) in [5.41, 5.74) is -0.579. The second-order valence-electron chi connectivity index (χ2n) is 5.23. The van der Waals surface area contributed by atoms with Gasteiger partial charge < -0.3 is 15.1 Å². The molecule has 1 aromatic heterocycles. The number of hydrogen-bond donors (Lipinski definition) is 1. The van der Waals surface area contributed by atoms with Crippen LogP contribution >= 0.6 is 0 Å². The van der Waals surface area contributed by atoms with Crippen LogP contribution in [-0.4, -0.2) is 53.0 Å². The zero-order valence-corrected chi connectivity index (χ0v) is 12.0. The summed E-state index contributed by atoms with van der Waals surface area (Å²) in [4.78, 5) is 24.5. The number of aromatic nitrogens is 2. The predicted molar refractivity (Wildman–Crippen MR) is 75.3 cm³/mol. The number of rotatable bonds is 3. The minimum Gasteiger partial charge on any atom is -0.370 e. The van der Waals surface area contributed by atoms with E-state index in [2.05, 4.69) is 15.3 Å². The van der Waals surface area contributed by atoms with Crippen LogP contribution in [0.3, 0.4) is 0 Å². The summed E-state index contributed by atoms with van der Waals surface area (Å²) in [5.74, 6) is 1.69. The Morgan fingerprint density at radius 2 is 2.11 bits per heavy atom. The highest BCUT2D eigenvalue weighted by molar-refractivity contribution is 5.90. The fraction of sp³-hybridized carbons (Fsp3) is 0.615. The Morgan fingerprint density at radius 1 is 1.37 bits per heavy atom. The highest BCUT2D eigenvalue weighted by Crippen LogP contribution is 2.27. The number of nitrogens with one attached hydrogen (secondary N) is 1. The van der Waals surface area contributed by atoms with Gasteiger partial charge in [0.15, 0.2) is 0 Å². The summed E-state index contributed by atoms with van der Waals surface area (Å²) in [6, 6.07) is 1.89. The van der Waals surface area contributed by atoms with Crippen LogP contribution in [0.4, 0.5) is 11.6 Å². The van der Waals surface area contributed by atoms with Crippen molar-refractivity contribution >= 4 is 17.5 Å². The molecule has 2 rings (SSSR count). The van der Waals surface area contributed by atoms with Gasteiger partial charge in [-0.3, -0.25) is 4.79 Å². The molecule has 19 heavy (non-hydrogen) atoms. The minimum absolute atomic E-state index is 0.113. The SMILES string of the molecule is CCNc1cc(N2CCN(C)C(=O)C2(C)C)ncn1. The standard InChI is InChI=1S/C13H21N5O/c1-5-14-10-8-11(16-9-15-10)18-7-6-17(4)12(19)13(18,2)3/h8-9H,5-7H2,1-4H3,(H,14,15,16). The number of carbonyl (C=O) groups excluding carboxylic acids is 1. The smallest absolute Gasteiger partial charge is 0.247 e. The van der Waals surface area contributed by atoms with Gasteiger partial charge in [-0.25, -0.2) is 9.97 Å². The van der Waals surface area contributed by atoms with Crippen LogP contribution in [0, 0.1) is 0 Å². The predicted octanol–water partition coefficient (Wildman–Crippen LogP) is 0.965. The first-order valence-electron chi connectivity index (χ1n) is 6.56. The number of carbonyl (C=O) groups is 1. The minimum atomic E-state index is -0.579. The molecule has 1 N–H and O–H groups in total. The monoisotopic (exact) mass is 263 g/mol. The molecule has 0 radical (unpaired) electrons. The van der Waals surface area contributed by atoms with Crippen molar-refractivity contribution in [1.82, 2.24) is 14.9 Å². The average Bonchev–Trinajstić information content (AvgIpc) is 2.37. The van der Waals surface area contributed by atoms with Gasteiger partial charge in [0.05, 0.1) is 0 Å². The second kappa shape index (κ2) is 5.03. The van der Waals surface area contributed by atoms with E-state index in [9.17, 15) is 4.79 Å². The molecule has 6 heteroatoms. The van der Waals surface area contributed by atoms with E-state index in [4.69, 9.17) is 0 Å². The van der Waals surface area contributed by atoms with Crippen LogP contribution in [0.5, 0.6) is 0 Å². The summed E-state index contributed by atoms with van der Waals surface area (Å²) in [6.45, 7) is 8.17. The summed E-state index contributed by atoms with van der Waals surface area (Å²) in [7, 11) is 1.84. The zero-order chi connectivity index (χ0) is 14.0. The average molecular weight is 263 g/mol. The number of amides is 1. The van der Waals surface area contributed by atoms with Crippen LogP contribution in [0.25, 0.3) is 0 Å². The molecular weight excluding hydrogens is 242 g/mol. The van der Waals surface area contributed by atoms with E-state index < -0.39 is 5.54 Å². The van der Waals surface area contributed by atoms with Crippen molar-refractivity contribution in [2.24, 2.45) is 0 Å². The molecule has 0 bridgehead atoms. The Kier molecular flexibility index (Phi) is 3.59. The Labute approximate surface area is 113 Å². The van der Waals surface area contributed by atoms with E-state index in [0.717, 1.165) is 24.7 Å². The molecule has 0 saturated carbocycles. The van der Waals surface area contributed by atoms with Crippen LogP contribution < -0.4 is 10.2 Å². The maximum Gasteiger partial charge on any atom is 0.247 e. The van der Waals surface area contributed by atoms with Crippen LogP contribution in [0.2, 0.25) is 0 Å². The molecule has 1 aliphatic rings. The maximum absolute atomic E-state index is 12.3.